The van der Waals surface area contributed by atoms with Crippen LogP contribution in [0.5, 0.6) is 0 Å². The van der Waals surface area contributed by atoms with Gasteiger partial charge in [0.25, 0.3) is 10.2 Å². The summed E-state index contributed by atoms with van der Waals surface area (Å²) in [5, 5.41) is 2.98. The van der Waals surface area contributed by atoms with Crippen LogP contribution in [0.15, 0.2) is 30.3 Å². The largest absolute Gasteiger partial charge is 0.355 e. The molecule has 1 amide bonds. The van der Waals surface area contributed by atoms with E-state index in [1.165, 1.54) is 9.87 Å². The Morgan fingerprint density at radius 2 is 1.69 bits per heavy atom. The lowest BCUT2D eigenvalue weighted by atomic mass is 9.99. The van der Waals surface area contributed by atoms with Gasteiger partial charge in [-0.2, -0.15) is 17.0 Å². The van der Waals surface area contributed by atoms with E-state index < -0.39 is 10.2 Å². The molecule has 0 spiro atoms. The molecule has 0 radical (unpaired) electrons. The molecule has 144 valence electrons. The van der Waals surface area contributed by atoms with Crippen molar-refractivity contribution in [2.24, 2.45) is 5.92 Å². The highest BCUT2D eigenvalue weighted by molar-refractivity contribution is 7.86. The quantitative estimate of drug-likeness (QED) is 0.819. The summed E-state index contributed by atoms with van der Waals surface area (Å²) in [6, 6.07) is 10.0. The first-order valence-corrected chi connectivity index (χ1v) is 11.0. The summed E-state index contributed by atoms with van der Waals surface area (Å²) in [5.41, 5.74) is 1.19. The highest BCUT2D eigenvalue weighted by Crippen LogP contribution is 2.23. The van der Waals surface area contributed by atoms with E-state index in [0.717, 1.165) is 38.5 Å². The van der Waals surface area contributed by atoms with Crippen LogP contribution < -0.4 is 5.32 Å². The molecule has 0 bridgehead atoms. The minimum Gasteiger partial charge on any atom is -0.355 e. The first kappa shape index (κ1) is 19.3. The second-order valence-electron chi connectivity index (χ2n) is 7.19. The van der Waals surface area contributed by atoms with Crippen LogP contribution in [0, 0.1) is 5.92 Å². The van der Waals surface area contributed by atoms with E-state index in [-0.39, 0.29) is 11.8 Å². The first-order valence-electron chi connectivity index (χ1n) is 9.64. The molecule has 26 heavy (non-hydrogen) atoms. The summed E-state index contributed by atoms with van der Waals surface area (Å²) >= 11 is 0. The van der Waals surface area contributed by atoms with Crippen molar-refractivity contribution in [2.75, 3.05) is 32.7 Å². The van der Waals surface area contributed by atoms with Gasteiger partial charge in [0.15, 0.2) is 0 Å². The van der Waals surface area contributed by atoms with Gasteiger partial charge in [0.05, 0.1) is 5.92 Å². The minimum atomic E-state index is -3.43. The Bertz CT molecular complexity index is 687. The lowest BCUT2D eigenvalue weighted by molar-refractivity contribution is -0.126. The number of piperidine rings is 2. The predicted octanol–water partition coefficient (Wildman–Crippen LogP) is 1.79. The molecule has 0 aliphatic carbocycles. The van der Waals surface area contributed by atoms with Crippen LogP contribution in [0.1, 0.15) is 37.7 Å². The summed E-state index contributed by atoms with van der Waals surface area (Å²) in [7, 11) is -3.43. The number of nitrogens with zero attached hydrogens (tertiary/aromatic N) is 2. The summed E-state index contributed by atoms with van der Waals surface area (Å²) in [6.07, 6.45) is 5.23. The Morgan fingerprint density at radius 3 is 2.42 bits per heavy atom. The Hall–Kier alpha value is -1.44. The van der Waals surface area contributed by atoms with Crippen molar-refractivity contribution in [1.82, 2.24) is 13.9 Å². The van der Waals surface area contributed by atoms with Crippen LogP contribution in [0.25, 0.3) is 0 Å². The highest BCUT2D eigenvalue weighted by Gasteiger charge is 2.36. The van der Waals surface area contributed by atoms with Gasteiger partial charge in [0.1, 0.15) is 0 Å². The lowest BCUT2D eigenvalue weighted by Crippen LogP contribution is -2.51. The fourth-order valence-electron chi connectivity index (χ4n) is 3.74. The lowest BCUT2D eigenvalue weighted by Gasteiger charge is -2.36. The summed E-state index contributed by atoms with van der Waals surface area (Å²) in [5.74, 6) is -0.279. The smallest absolute Gasteiger partial charge is 0.281 e. The molecule has 0 saturated carbocycles. The molecule has 2 fully saturated rings. The molecule has 0 aromatic heterocycles. The molecule has 2 saturated heterocycles. The van der Waals surface area contributed by atoms with Crippen LogP contribution in [0.2, 0.25) is 0 Å². The van der Waals surface area contributed by atoms with Crippen molar-refractivity contribution in [3.8, 4) is 0 Å². The van der Waals surface area contributed by atoms with Crippen molar-refractivity contribution < 1.29 is 13.2 Å². The maximum Gasteiger partial charge on any atom is 0.281 e. The minimum absolute atomic E-state index is 0.0283. The average molecular weight is 380 g/mol. The Balaban J connectivity index is 1.51. The molecule has 2 heterocycles. The van der Waals surface area contributed by atoms with E-state index in [4.69, 9.17) is 0 Å². The molecule has 1 N–H and O–H groups in total. The van der Waals surface area contributed by atoms with Gasteiger partial charge in [-0.1, -0.05) is 36.8 Å². The fourth-order valence-corrected chi connectivity index (χ4v) is 5.52. The number of rotatable bonds is 6. The molecule has 1 atom stereocenters. The van der Waals surface area contributed by atoms with Gasteiger partial charge in [-0.25, -0.2) is 0 Å². The zero-order chi connectivity index (χ0) is 18.4. The normalized spacial score (nSPS) is 22.8. The van der Waals surface area contributed by atoms with Crippen molar-refractivity contribution in [3.63, 3.8) is 0 Å². The first-order chi connectivity index (χ1) is 12.6. The molecule has 2 aliphatic rings. The third-order valence-corrected chi connectivity index (χ3v) is 7.28. The SMILES string of the molecule is O=C(NCCc1ccccc1)C1CCCN(S(=O)(=O)N2CCCCC2)C1. The van der Waals surface area contributed by atoms with Crippen molar-refractivity contribution >= 4 is 16.1 Å². The van der Waals surface area contributed by atoms with E-state index in [2.05, 4.69) is 5.32 Å². The zero-order valence-corrected chi connectivity index (χ0v) is 16.1. The van der Waals surface area contributed by atoms with Crippen LogP contribution in [0.4, 0.5) is 0 Å². The Labute approximate surface area is 156 Å². The van der Waals surface area contributed by atoms with Crippen LogP contribution in [-0.4, -0.2) is 55.7 Å². The zero-order valence-electron chi connectivity index (χ0n) is 15.3. The molecule has 2 aliphatic heterocycles. The van der Waals surface area contributed by atoms with E-state index in [0.29, 0.717) is 32.7 Å². The predicted molar refractivity (Wildman–Crippen MR) is 102 cm³/mol. The highest BCUT2D eigenvalue weighted by atomic mass is 32.2. The molecular formula is C19H29N3O3S. The van der Waals surface area contributed by atoms with E-state index in [1.807, 2.05) is 30.3 Å². The van der Waals surface area contributed by atoms with Crippen LogP contribution in [-0.2, 0) is 21.4 Å². The standard InChI is InChI=1S/C19H29N3O3S/c23-19(20-12-11-17-8-3-1-4-9-17)18-10-7-15-22(16-18)26(24,25)21-13-5-2-6-14-21/h1,3-4,8-9,18H,2,5-7,10-16H2,(H,20,23). The van der Waals surface area contributed by atoms with Gasteiger partial charge in [-0.3, -0.25) is 4.79 Å². The number of carbonyl (C=O) groups excluding carboxylic acids is 1. The number of hydrogen-bond donors (Lipinski definition) is 1. The fraction of sp³-hybridized carbons (Fsp3) is 0.632. The molecule has 1 aromatic carbocycles. The van der Waals surface area contributed by atoms with Crippen LogP contribution >= 0.6 is 0 Å². The molecule has 1 aromatic rings. The summed E-state index contributed by atoms with van der Waals surface area (Å²) in [4.78, 5) is 12.5. The van der Waals surface area contributed by atoms with Crippen molar-refractivity contribution in [3.05, 3.63) is 35.9 Å². The monoisotopic (exact) mass is 379 g/mol. The number of hydrogen-bond acceptors (Lipinski definition) is 3. The Morgan fingerprint density at radius 1 is 1.00 bits per heavy atom. The molecule has 6 nitrogen and oxygen atoms in total. The average Bonchev–Trinajstić information content (AvgIpc) is 2.69. The van der Waals surface area contributed by atoms with Gasteiger partial charge in [-0.15, -0.1) is 0 Å². The van der Waals surface area contributed by atoms with E-state index in [1.54, 1.807) is 4.31 Å². The van der Waals surface area contributed by atoms with Gasteiger partial charge in [0, 0.05) is 32.7 Å². The second-order valence-corrected chi connectivity index (χ2v) is 9.12. The second kappa shape index (κ2) is 8.97. The van der Waals surface area contributed by atoms with E-state index >= 15 is 0 Å². The third-order valence-electron chi connectivity index (χ3n) is 5.28. The van der Waals surface area contributed by atoms with Gasteiger partial charge in [-0.05, 0) is 37.7 Å². The molecular weight excluding hydrogens is 350 g/mol. The van der Waals surface area contributed by atoms with Gasteiger partial charge in [0.2, 0.25) is 5.91 Å². The topological polar surface area (TPSA) is 69.7 Å². The van der Waals surface area contributed by atoms with E-state index in [9.17, 15) is 13.2 Å². The summed E-state index contributed by atoms with van der Waals surface area (Å²) in [6.45, 7) is 2.61. The number of benzene rings is 1. The van der Waals surface area contributed by atoms with Crippen LogP contribution in [0.3, 0.4) is 0 Å². The maximum absolute atomic E-state index is 12.8. The molecule has 3 rings (SSSR count). The van der Waals surface area contributed by atoms with Gasteiger partial charge >= 0.3 is 0 Å². The molecule has 1 unspecified atom stereocenters. The Kier molecular flexibility index (Phi) is 6.67. The number of carbonyl (C=O) groups is 1. The number of amides is 1. The maximum atomic E-state index is 12.8. The summed E-state index contributed by atoms with van der Waals surface area (Å²) < 4.78 is 28.8. The third kappa shape index (κ3) is 4.84. The number of nitrogens with one attached hydrogen (secondary N) is 1. The molecule has 7 heteroatoms. The van der Waals surface area contributed by atoms with Gasteiger partial charge < -0.3 is 5.32 Å². The van der Waals surface area contributed by atoms with Crippen molar-refractivity contribution in [1.29, 1.82) is 0 Å². The van der Waals surface area contributed by atoms with Crippen molar-refractivity contribution in [2.45, 2.75) is 38.5 Å².